The first-order valence-corrected chi connectivity index (χ1v) is 10.0. The maximum atomic E-state index is 12.7. The summed E-state index contributed by atoms with van der Waals surface area (Å²) in [5.41, 5.74) is 2.64. The van der Waals surface area contributed by atoms with Gasteiger partial charge >= 0.3 is 0 Å². The van der Waals surface area contributed by atoms with Gasteiger partial charge in [-0.25, -0.2) is 0 Å². The minimum absolute atomic E-state index is 0.0155. The molecule has 0 saturated carbocycles. The van der Waals surface area contributed by atoms with Crippen molar-refractivity contribution in [1.29, 1.82) is 5.26 Å². The molecule has 6 nitrogen and oxygen atoms in total. The fraction of sp³-hybridized carbons (Fsp3) is 0.391. The van der Waals surface area contributed by atoms with Crippen molar-refractivity contribution >= 4 is 11.6 Å². The second kappa shape index (κ2) is 9.94. The predicted octanol–water partition coefficient (Wildman–Crippen LogP) is 2.78. The average Bonchev–Trinajstić information content (AvgIpc) is 3.03. The van der Waals surface area contributed by atoms with Crippen LogP contribution >= 0.6 is 0 Å². The standard InChI is InChI=1S/C23H28N4O2/c1-18(23(28)25-17-20-9-4-6-11-22(20)29-2)26-12-7-13-27(15-14-26)21-10-5-3-8-19(21)16-24/h3-6,8-11,18H,7,12-15,17H2,1-2H3,(H,25,28). The van der Waals surface area contributed by atoms with Gasteiger partial charge in [-0.2, -0.15) is 5.26 Å². The number of hydrogen-bond donors (Lipinski definition) is 1. The van der Waals surface area contributed by atoms with E-state index < -0.39 is 0 Å². The summed E-state index contributed by atoms with van der Waals surface area (Å²) in [6, 6.07) is 17.5. The number of anilines is 1. The van der Waals surface area contributed by atoms with Gasteiger partial charge in [0, 0.05) is 38.3 Å². The van der Waals surface area contributed by atoms with Gasteiger partial charge in [-0.05, 0) is 31.5 Å². The van der Waals surface area contributed by atoms with Gasteiger partial charge in [0.2, 0.25) is 5.91 Å². The molecule has 0 aromatic heterocycles. The molecule has 2 aromatic rings. The maximum absolute atomic E-state index is 12.7. The van der Waals surface area contributed by atoms with E-state index in [2.05, 4.69) is 21.2 Å². The zero-order chi connectivity index (χ0) is 20.6. The molecule has 1 N–H and O–H groups in total. The SMILES string of the molecule is COc1ccccc1CNC(=O)C(C)N1CCCN(c2ccccc2C#N)CC1. The second-order valence-corrected chi connectivity index (χ2v) is 7.21. The topological polar surface area (TPSA) is 68.6 Å². The minimum Gasteiger partial charge on any atom is -0.496 e. The first kappa shape index (κ1) is 20.7. The van der Waals surface area contributed by atoms with Crippen molar-refractivity contribution in [3.05, 3.63) is 59.7 Å². The molecule has 1 aliphatic rings. The highest BCUT2D eigenvalue weighted by molar-refractivity contribution is 5.81. The van der Waals surface area contributed by atoms with E-state index in [0.717, 1.165) is 49.6 Å². The van der Waals surface area contributed by atoms with Crippen LogP contribution in [0.15, 0.2) is 48.5 Å². The summed E-state index contributed by atoms with van der Waals surface area (Å²) >= 11 is 0. The molecule has 1 unspecified atom stereocenters. The van der Waals surface area contributed by atoms with E-state index in [4.69, 9.17) is 4.74 Å². The molecular formula is C23H28N4O2. The molecule has 0 radical (unpaired) electrons. The van der Waals surface area contributed by atoms with E-state index in [9.17, 15) is 10.1 Å². The number of nitrogens with zero attached hydrogens (tertiary/aromatic N) is 3. The smallest absolute Gasteiger partial charge is 0.237 e. The van der Waals surface area contributed by atoms with Gasteiger partial charge in [0.15, 0.2) is 0 Å². The molecule has 1 saturated heterocycles. The van der Waals surface area contributed by atoms with Crippen molar-refractivity contribution in [2.24, 2.45) is 0 Å². The van der Waals surface area contributed by atoms with Crippen LogP contribution < -0.4 is 15.0 Å². The lowest BCUT2D eigenvalue weighted by Crippen LogP contribution is -2.46. The van der Waals surface area contributed by atoms with Gasteiger partial charge in [0.25, 0.3) is 0 Å². The highest BCUT2D eigenvalue weighted by atomic mass is 16.5. The van der Waals surface area contributed by atoms with Crippen LogP contribution in [-0.4, -0.2) is 50.1 Å². The van der Waals surface area contributed by atoms with Crippen LogP contribution in [0.4, 0.5) is 5.69 Å². The van der Waals surface area contributed by atoms with Gasteiger partial charge in [-0.3, -0.25) is 9.69 Å². The molecule has 1 fully saturated rings. The quantitative estimate of drug-likeness (QED) is 0.819. The number of benzene rings is 2. The molecule has 3 rings (SSSR count). The first-order chi connectivity index (χ1) is 14.1. The highest BCUT2D eigenvalue weighted by Crippen LogP contribution is 2.22. The van der Waals surface area contributed by atoms with E-state index in [1.807, 2.05) is 55.5 Å². The fourth-order valence-corrected chi connectivity index (χ4v) is 3.75. The largest absolute Gasteiger partial charge is 0.496 e. The van der Waals surface area contributed by atoms with Gasteiger partial charge in [0.1, 0.15) is 11.8 Å². The molecule has 0 bridgehead atoms. The van der Waals surface area contributed by atoms with Crippen molar-refractivity contribution in [1.82, 2.24) is 10.2 Å². The molecule has 1 amide bonds. The third-order valence-electron chi connectivity index (χ3n) is 5.47. The van der Waals surface area contributed by atoms with Crippen molar-refractivity contribution in [3.8, 4) is 11.8 Å². The fourth-order valence-electron chi connectivity index (χ4n) is 3.75. The predicted molar refractivity (Wildman–Crippen MR) is 114 cm³/mol. The molecule has 0 spiro atoms. The summed E-state index contributed by atoms with van der Waals surface area (Å²) in [5, 5.41) is 12.4. The van der Waals surface area contributed by atoms with Crippen LogP contribution in [0, 0.1) is 11.3 Å². The van der Waals surface area contributed by atoms with Crippen LogP contribution in [0.2, 0.25) is 0 Å². The third kappa shape index (κ3) is 5.07. The monoisotopic (exact) mass is 392 g/mol. The lowest BCUT2D eigenvalue weighted by atomic mass is 10.1. The lowest BCUT2D eigenvalue weighted by Gasteiger charge is -2.27. The molecule has 0 aliphatic carbocycles. The first-order valence-electron chi connectivity index (χ1n) is 10.0. The molecule has 1 heterocycles. The molecule has 152 valence electrons. The van der Waals surface area contributed by atoms with E-state index in [-0.39, 0.29) is 11.9 Å². The Balaban J connectivity index is 1.58. The van der Waals surface area contributed by atoms with Gasteiger partial charge in [-0.15, -0.1) is 0 Å². The van der Waals surface area contributed by atoms with Crippen molar-refractivity contribution in [3.63, 3.8) is 0 Å². The Morgan fingerprint density at radius 2 is 1.90 bits per heavy atom. The summed E-state index contributed by atoms with van der Waals surface area (Å²) in [7, 11) is 1.64. The average molecular weight is 393 g/mol. The number of methoxy groups -OCH3 is 1. The number of carbonyl (C=O) groups is 1. The maximum Gasteiger partial charge on any atom is 0.237 e. The Labute approximate surface area is 172 Å². The summed E-state index contributed by atoms with van der Waals surface area (Å²) in [5.74, 6) is 0.795. The molecule has 6 heteroatoms. The summed E-state index contributed by atoms with van der Waals surface area (Å²) in [6.45, 7) is 5.71. The van der Waals surface area contributed by atoms with Gasteiger partial charge in [0.05, 0.1) is 24.4 Å². The summed E-state index contributed by atoms with van der Waals surface area (Å²) in [6.07, 6.45) is 0.948. The number of ether oxygens (including phenoxy) is 1. The zero-order valence-electron chi connectivity index (χ0n) is 17.1. The van der Waals surface area contributed by atoms with E-state index >= 15 is 0 Å². The van der Waals surface area contributed by atoms with E-state index in [1.165, 1.54) is 0 Å². The lowest BCUT2D eigenvalue weighted by molar-refractivity contribution is -0.126. The van der Waals surface area contributed by atoms with Crippen LogP contribution in [0.3, 0.4) is 0 Å². The normalized spacial score (nSPS) is 15.8. The molecule has 29 heavy (non-hydrogen) atoms. The number of para-hydroxylation sites is 2. The van der Waals surface area contributed by atoms with Gasteiger partial charge in [-0.1, -0.05) is 30.3 Å². The number of rotatable bonds is 6. The Bertz CT molecular complexity index is 877. The Morgan fingerprint density at radius 1 is 1.14 bits per heavy atom. The molecule has 1 atom stereocenters. The second-order valence-electron chi connectivity index (χ2n) is 7.21. The van der Waals surface area contributed by atoms with Crippen molar-refractivity contribution in [2.45, 2.75) is 25.9 Å². The number of carbonyl (C=O) groups excluding carboxylic acids is 1. The molecular weight excluding hydrogens is 364 g/mol. The van der Waals surface area contributed by atoms with Crippen LogP contribution in [0.1, 0.15) is 24.5 Å². The zero-order valence-corrected chi connectivity index (χ0v) is 17.1. The Kier molecular flexibility index (Phi) is 7.09. The molecule has 1 aliphatic heterocycles. The number of nitrogens with one attached hydrogen (secondary N) is 1. The van der Waals surface area contributed by atoms with Crippen LogP contribution in [0.25, 0.3) is 0 Å². The third-order valence-corrected chi connectivity index (χ3v) is 5.47. The summed E-state index contributed by atoms with van der Waals surface area (Å²) < 4.78 is 5.35. The van der Waals surface area contributed by atoms with Crippen LogP contribution in [0.5, 0.6) is 5.75 Å². The van der Waals surface area contributed by atoms with Crippen LogP contribution in [-0.2, 0) is 11.3 Å². The number of hydrogen-bond acceptors (Lipinski definition) is 5. The minimum atomic E-state index is -0.212. The summed E-state index contributed by atoms with van der Waals surface area (Å²) in [4.78, 5) is 17.2. The Hall–Kier alpha value is -3.04. The van der Waals surface area contributed by atoms with E-state index in [0.29, 0.717) is 12.1 Å². The van der Waals surface area contributed by atoms with Crippen molar-refractivity contribution < 1.29 is 9.53 Å². The van der Waals surface area contributed by atoms with Gasteiger partial charge < -0.3 is 15.0 Å². The molecule has 2 aromatic carbocycles. The van der Waals surface area contributed by atoms with E-state index in [1.54, 1.807) is 7.11 Å². The Morgan fingerprint density at radius 3 is 2.69 bits per heavy atom. The number of nitriles is 1. The number of amides is 1. The van der Waals surface area contributed by atoms with Crippen molar-refractivity contribution in [2.75, 3.05) is 38.2 Å². The highest BCUT2D eigenvalue weighted by Gasteiger charge is 2.24.